The Balaban J connectivity index is 1.63. The number of aromatic nitrogens is 1. The van der Waals surface area contributed by atoms with E-state index in [9.17, 15) is 4.79 Å². The Kier molecular flexibility index (Phi) is 7.85. The highest BCUT2D eigenvalue weighted by atomic mass is 32.1. The van der Waals surface area contributed by atoms with Crippen LogP contribution in [0.25, 0.3) is 11.3 Å². The molecule has 0 aliphatic rings. The quantitative estimate of drug-likeness (QED) is 0.380. The van der Waals surface area contributed by atoms with Crippen LogP contribution in [-0.4, -0.2) is 18.0 Å². The first kappa shape index (κ1) is 21.8. The van der Waals surface area contributed by atoms with Crippen molar-refractivity contribution >= 4 is 33.8 Å². The van der Waals surface area contributed by atoms with Crippen LogP contribution in [0.3, 0.4) is 0 Å². The van der Waals surface area contributed by atoms with Gasteiger partial charge in [0.1, 0.15) is 5.75 Å². The van der Waals surface area contributed by atoms with E-state index in [0.29, 0.717) is 0 Å². The molecule has 1 atom stereocenters. The van der Waals surface area contributed by atoms with Gasteiger partial charge in [0, 0.05) is 34.3 Å². The monoisotopic (exact) mass is 423 g/mol. The highest BCUT2D eigenvalue weighted by molar-refractivity contribution is 7.14. The molecule has 1 unspecified atom stereocenters. The Morgan fingerprint density at radius 2 is 1.93 bits per heavy atom. The molecule has 0 saturated heterocycles. The van der Waals surface area contributed by atoms with Gasteiger partial charge in [-0.3, -0.25) is 4.79 Å². The average molecular weight is 424 g/mol. The molecule has 3 rings (SSSR count). The number of rotatable bonds is 10. The van der Waals surface area contributed by atoms with Gasteiger partial charge in [-0.25, -0.2) is 4.98 Å². The Morgan fingerprint density at radius 1 is 1.13 bits per heavy atom. The molecule has 2 aromatic carbocycles. The van der Waals surface area contributed by atoms with Gasteiger partial charge in [0.25, 0.3) is 0 Å². The van der Waals surface area contributed by atoms with E-state index in [4.69, 9.17) is 4.74 Å². The maximum atomic E-state index is 12.5. The molecule has 0 spiro atoms. The van der Waals surface area contributed by atoms with Gasteiger partial charge in [0.15, 0.2) is 5.13 Å². The maximum absolute atomic E-state index is 12.5. The maximum Gasteiger partial charge on any atom is 0.227 e. The molecule has 3 aromatic rings. The summed E-state index contributed by atoms with van der Waals surface area (Å²) in [5.74, 6) is 0.986. The van der Waals surface area contributed by atoms with Gasteiger partial charge >= 0.3 is 0 Å². The minimum Gasteiger partial charge on any atom is -0.497 e. The molecule has 2 N–H and O–H groups in total. The Hall–Kier alpha value is -2.86. The van der Waals surface area contributed by atoms with E-state index in [0.717, 1.165) is 59.2 Å². The van der Waals surface area contributed by atoms with Crippen molar-refractivity contribution in [2.75, 3.05) is 17.7 Å². The minimum absolute atomic E-state index is 0.0772. The minimum atomic E-state index is 0.0772. The van der Waals surface area contributed by atoms with Crippen LogP contribution >= 0.6 is 11.3 Å². The van der Waals surface area contributed by atoms with E-state index in [1.54, 1.807) is 18.4 Å². The zero-order chi connectivity index (χ0) is 21.3. The van der Waals surface area contributed by atoms with E-state index in [1.807, 2.05) is 53.9 Å². The Bertz CT molecular complexity index is 953. The molecule has 0 bridgehead atoms. The van der Waals surface area contributed by atoms with Crippen molar-refractivity contribution in [2.45, 2.75) is 39.5 Å². The zero-order valence-corrected chi connectivity index (χ0v) is 18.6. The van der Waals surface area contributed by atoms with E-state index >= 15 is 0 Å². The van der Waals surface area contributed by atoms with Crippen LogP contribution in [0, 0.1) is 5.92 Å². The number of unbranched alkanes of at least 4 members (excludes halogenated alkanes) is 1. The molecule has 0 saturated carbocycles. The zero-order valence-electron chi connectivity index (χ0n) is 17.8. The lowest BCUT2D eigenvalue weighted by atomic mass is 9.98. The number of nitrogens with zero attached hydrogens (tertiary/aromatic N) is 1. The largest absolute Gasteiger partial charge is 0.497 e. The van der Waals surface area contributed by atoms with Gasteiger partial charge in [0.2, 0.25) is 5.91 Å². The summed E-state index contributed by atoms with van der Waals surface area (Å²) in [4.78, 5) is 17.2. The fourth-order valence-corrected chi connectivity index (χ4v) is 3.97. The second-order valence-electron chi connectivity index (χ2n) is 7.21. The van der Waals surface area contributed by atoms with E-state index < -0.39 is 0 Å². The van der Waals surface area contributed by atoms with Crippen LogP contribution in [0.5, 0.6) is 5.75 Å². The highest BCUT2D eigenvalue weighted by Crippen LogP contribution is 2.29. The molecule has 30 heavy (non-hydrogen) atoms. The van der Waals surface area contributed by atoms with Gasteiger partial charge in [-0.15, -0.1) is 11.3 Å². The third-order valence-electron chi connectivity index (χ3n) is 5.04. The Labute approximate surface area is 182 Å². The number of anilines is 3. The van der Waals surface area contributed by atoms with Gasteiger partial charge < -0.3 is 15.4 Å². The van der Waals surface area contributed by atoms with Crippen molar-refractivity contribution in [1.29, 1.82) is 0 Å². The van der Waals surface area contributed by atoms with Gasteiger partial charge in [-0.2, -0.15) is 0 Å². The van der Waals surface area contributed by atoms with Gasteiger partial charge in [0.05, 0.1) is 12.8 Å². The summed E-state index contributed by atoms with van der Waals surface area (Å²) in [6, 6.07) is 15.6. The smallest absolute Gasteiger partial charge is 0.227 e. The molecule has 1 aromatic heterocycles. The first-order chi connectivity index (χ1) is 14.6. The SMILES string of the molecule is CCCCC(CC)C(=O)Nc1ccc(-c2csc(Nc3cccc(OC)c3)n2)cc1. The molecule has 0 aliphatic carbocycles. The number of methoxy groups -OCH3 is 1. The average Bonchev–Trinajstić information content (AvgIpc) is 3.23. The Morgan fingerprint density at radius 3 is 2.63 bits per heavy atom. The molecule has 0 fully saturated rings. The van der Waals surface area contributed by atoms with Crippen molar-refractivity contribution < 1.29 is 9.53 Å². The van der Waals surface area contributed by atoms with Gasteiger partial charge in [-0.05, 0) is 37.1 Å². The van der Waals surface area contributed by atoms with Crippen LogP contribution in [0.4, 0.5) is 16.5 Å². The standard InChI is InChI=1S/C24H29N3O2S/c1-4-6-8-17(5-2)23(28)25-19-13-11-18(12-14-19)22-16-30-24(27-22)26-20-9-7-10-21(15-20)29-3/h7,9-17H,4-6,8H2,1-3H3,(H,25,28)(H,26,27). The lowest BCUT2D eigenvalue weighted by molar-refractivity contribution is -0.120. The van der Waals surface area contributed by atoms with E-state index in [2.05, 4.69) is 29.5 Å². The van der Waals surface area contributed by atoms with Crippen molar-refractivity contribution in [3.05, 3.63) is 53.9 Å². The topological polar surface area (TPSA) is 63.2 Å². The second-order valence-corrected chi connectivity index (χ2v) is 8.07. The summed E-state index contributed by atoms with van der Waals surface area (Å²) in [7, 11) is 1.65. The summed E-state index contributed by atoms with van der Waals surface area (Å²) >= 11 is 1.55. The molecule has 0 radical (unpaired) electrons. The van der Waals surface area contributed by atoms with Crippen molar-refractivity contribution in [3.8, 4) is 17.0 Å². The van der Waals surface area contributed by atoms with Crippen molar-refractivity contribution in [2.24, 2.45) is 5.92 Å². The third kappa shape index (κ3) is 5.83. The normalized spacial score (nSPS) is 11.7. The predicted molar refractivity (Wildman–Crippen MR) is 126 cm³/mol. The number of hydrogen-bond acceptors (Lipinski definition) is 5. The number of amides is 1. The number of carbonyl (C=O) groups excluding carboxylic acids is 1. The highest BCUT2D eigenvalue weighted by Gasteiger charge is 2.16. The van der Waals surface area contributed by atoms with Crippen LogP contribution in [0.1, 0.15) is 39.5 Å². The summed E-state index contributed by atoms with van der Waals surface area (Å²) in [5, 5.41) is 9.20. The fourth-order valence-electron chi connectivity index (χ4n) is 3.23. The molecule has 158 valence electrons. The second kappa shape index (κ2) is 10.8. The lowest BCUT2D eigenvalue weighted by Gasteiger charge is -2.14. The summed E-state index contributed by atoms with van der Waals surface area (Å²) < 4.78 is 5.26. The third-order valence-corrected chi connectivity index (χ3v) is 5.80. The summed E-state index contributed by atoms with van der Waals surface area (Å²) in [6.45, 7) is 4.22. The van der Waals surface area contributed by atoms with Crippen molar-refractivity contribution in [3.63, 3.8) is 0 Å². The van der Waals surface area contributed by atoms with Crippen LogP contribution < -0.4 is 15.4 Å². The summed E-state index contributed by atoms with van der Waals surface area (Å²) in [6.07, 6.45) is 4.01. The fraction of sp³-hybridized carbons (Fsp3) is 0.333. The number of benzene rings is 2. The van der Waals surface area contributed by atoms with E-state index in [-0.39, 0.29) is 11.8 Å². The molecule has 5 nitrogen and oxygen atoms in total. The van der Waals surface area contributed by atoms with Crippen LogP contribution in [-0.2, 0) is 4.79 Å². The molecular weight excluding hydrogens is 394 g/mol. The number of nitrogens with one attached hydrogen (secondary N) is 2. The predicted octanol–water partition coefficient (Wildman–Crippen LogP) is 6.72. The first-order valence-corrected chi connectivity index (χ1v) is 11.3. The number of carbonyl (C=O) groups is 1. The number of hydrogen-bond donors (Lipinski definition) is 2. The molecule has 6 heteroatoms. The number of thiazole rings is 1. The first-order valence-electron chi connectivity index (χ1n) is 10.4. The molecule has 0 aliphatic heterocycles. The number of ether oxygens (including phenoxy) is 1. The summed E-state index contributed by atoms with van der Waals surface area (Å²) in [5.41, 5.74) is 3.67. The molecular formula is C24H29N3O2S. The van der Waals surface area contributed by atoms with E-state index in [1.165, 1.54) is 0 Å². The van der Waals surface area contributed by atoms with Crippen LogP contribution in [0.2, 0.25) is 0 Å². The van der Waals surface area contributed by atoms with Crippen LogP contribution in [0.15, 0.2) is 53.9 Å². The van der Waals surface area contributed by atoms with Gasteiger partial charge in [-0.1, -0.05) is 44.9 Å². The molecule has 1 amide bonds. The molecule has 1 heterocycles. The van der Waals surface area contributed by atoms with Crippen molar-refractivity contribution in [1.82, 2.24) is 4.98 Å². The lowest BCUT2D eigenvalue weighted by Crippen LogP contribution is -2.22.